The van der Waals surface area contributed by atoms with E-state index in [1.165, 1.54) is 212 Å². The van der Waals surface area contributed by atoms with Crippen molar-refractivity contribution in [1.29, 1.82) is 0 Å². The molecule has 0 saturated heterocycles. The topological polar surface area (TPSA) is 111 Å². The predicted octanol–water partition coefficient (Wildman–Crippen LogP) is 17.9. The van der Waals surface area contributed by atoms with Crippen LogP contribution < -0.4 is 5.11 Å². The third kappa shape index (κ3) is 58.7. The number of unbranched alkanes of at least 4 members (excludes halogenated alkanes) is 35. The molecule has 0 fully saturated rings. The summed E-state index contributed by atoms with van der Waals surface area (Å²) in [5.74, 6) is -2.44. The minimum Gasteiger partial charge on any atom is -0.545 e. The number of carbonyl (C=O) groups is 3. The SMILES string of the molecule is CC/C=C\C/C=C\C/C=C\C/C=C\C/C=C\CC(=O)OC(COC(=O)CCCCCCCCCCCCCCCCCCCCCCCCCCCCCCCCCCCCCC)COC(OCC[N+](C)(C)C)C(=O)[O-]. The first-order valence-electron chi connectivity index (χ1n) is 31.9. The van der Waals surface area contributed by atoms with Gasteiger partial charge in [-0.2, -0.15) is 0 Å². The number of carboxylic acids is 1. The monoisotopic (exact) mass is 1070 g/mol. The van der Waals surface area contributed by atoms with E-state index in [1.54, 1.807) is 6.08 Å². The van der Waals surface area contributed by atoms with Gasteiger partial charge in [-0.15, -0.1) is 0 Å². The van der Waals surface area contributed by atoms with Crippen molar-refractivity contribution in [3.63, 3.8) is 0 Å². The molecular weight excluding hydrogens is 947 g/mol. The Bertz CT molecular complexity index is 1430. The highest BCUT2D eigenvalue weighted by atomic mass is 16.7. The Morgan fingerprint density at radius 3 is 1.07 bits per heavy atom. The molecule has 0 spiro atoms. The molecule has 0 heterocycles. The van der Waals surface area contributed by atoms with E-state index in [0.29, 0.717) is 17.4 Å². The lowest BCUT2D eigenvalue weighted by atomic mass is 10.0. The molecule has 0 saturated carbocycles. The van der Waals surface area contributed by atoms with Crippen LogP contribution in [0.1, 0.15) is 290 Å². The van der Waals surface area contributed by atoms with Gasteiger partial charge in [0.1, 0.15) is 13.2 Å². The van der Waals surface area contributed by atoms with E-state index in [0.717, 1.165) is 44.9 Å². The number of hydrogen-bond donors (Lipinski definition) is 0. The van der Waals surface area contributed by atoms with Crippen molar-refractivity contribution in [2.75, 3.05) is 47.5 Å². The molecule has 442 valence electrons. The highest BCUT2D eigenvalue weighted by Gasteiger charge is 2.21. The number of quaternary nitrogens is 1. The molecule has 0 bridgehead atoms. The van der Waals surface area contributed by atoms with Crippen molar-refractivity contribution < 1.29 is 42.9 Å². The fourth-order valence-electron chi connectivity index (χ4n) is 9.20. The molecule has 2 unspecified atom stereocenters. The Labute approximate surface area is 469 Å². The maximum Gasteiger partial charge on any atom is 0.310 e. The molecule has 0 aliphatic carbocycles. The van der Waals surface area contributed by atoms with Gasteiger partial charge in [-0.25, -0.2) is 0 Å². The molecule has 0 aromatic rings. The first kappa shape index (κ1) is 73.0. The number of ether oxygens (including phenoxy) is 4. The van der Waals surface area contributed by atoms with E-state index in [4.69, 9.17) is 18.9 Å². The number of esters is 2. The van der Waals surface area contributed by atoms with Gasteiger partial charge in [0, 0.05) is 6.42 Å². The molecule has 9 heteroatoms. The van der Waals surface area contributed by atoms with Gasteiger partial charge in [0.25, 0.3) is 0 Å². The normalized spacial score (nSPS) is 13.1. The molecule has 76 heavy (non-hydrogen) atoms. The number of likely N-dealkylation sites (N-methyl/N-ethyl adjacent to an activating group) is 1. The lowest BCUT2D eigenvalue weighted by Crippen LogP contribution is -2.44. The van der Waals surface area contributed by atoms with Crippen LogP contribution in [0.3, 0.4) is 0 Å². The van der Waals surface area contributed by atoms with Gasteiger partial charge < -0.3 is 33.3 Å². The predicted molar refractivity (Wildman–Crippen MR) is 320 cm³/mol. The van der Waals surface area contributed by atoms with Crippen molar-refractivity contribution in [1.82, 2.24) is 0 Å². The molecule has 0 amide bonds. The molecule has 2 atom stereocenters. The highest BCUT2D eigenvalue weighted by molar-refractivity contribution is 5.71. The van der Waals surface area contributed by atoms with E-state index >= 15 is 0 Å². The van der Waals surface area contributed by atoms with Crippen LogP contribution in [-0.4, -0.2) is 82.3 Å². The quantitative estimate of drug-likeness (QED) is 0.0195. The van der Waals surface area contributed by atoms with Crippen molar-refractivity contribution >= 4 is 17.9 Å². The van der Waals surface area contributed by atoms with Gasteiger partial charge in [-0.3, -0.25) is 9.59 Å². The van der Waals surface area contributed by atoms with Gasteiger partial charge in [0.05, 0.1) is 46.7 Å². The van der Waals surface area contributed by atoms with E-state index in [9.17, 15) is 19.5 Å². The van der Waals surface area contributed by atoms with Crippen LogP contribution in [0, 0.1) is 0 Å². The molecule has 0 aromatic carbocycles. The first-order chi connectivity index (χ1) is 37.1. The Balaban J connectivity index is 4.01. The summed E-state index contributed by atoms with van der Waals surface area (Å²) >= 11 is 0. The molecule has 0 aromatic heterocycles. The van der Waals surface area contributed by atoms with Gasteiger partial charge >= 0.3 is 11.9 Å². The minimum absolute atomic E-state index is 0.0155. The number of nitrogens with zero attached hydrogens (tertiary/aromatic N) is 1. The number of allylic oxidation sites excluding steroid dienone is 9. The van der Waals surface area contributed by atoms with Crippen molar-refractivity contribution in [3.8, 4) is 0 Å². The molecular formula is C67H121NO8. The van der Waals surface area contributed by atoms with Gasteiger partial charge in [-0.1, -0.05) is 299 Å². The molecule has 0 aliphatic heterocycles. The van der Waals surface area contributed by atoms with Gasteiger partial charge in [-0.05, 0) is 38.5 Å². The average Bonchev–Trinajstić information content (AvgIpc) is 3.39. The second-order valence-electron chi connectivity index (χ2n) is 22.7. The zero-order valence-electron chi connectivity index (χ0n) is 50.4. The molecule has 0 aliphatic rings. The summed E-state index contributed by atoms with van der Waals surface area (Å²) in [6.07, 6.45) is 72.2. The van der Waals surface area contributed by atoms with Crippen LogP contribution in [0.25, 0.3) is 0 Å². The van der Waals surface area contributed by atoms with Gasteiger partial charge in [0.2, 0.25) is 0 Å². The van der Waals surface area contributed by atoms with Crippen LogP contribution >= 0.6 is 0 Å². The van der Waals surface area contributed by atoms with Crippen molar-refractivity contribution in [2.24, 2.45) is 0 Å². The van der Waals surface area contributed by atoms with Crippen molar-refractivity contribution in [2.45, 2.75) is 302 Å². The largest absolute Gasteiger partial charge is 0.545 e. The molecule has 0 N–H and O–H groups in total. The Kier molecular flexibility index (Phi) is 55.8. The summed E-state index contributed by atoms with van der Waals surface area (Å²) < 4.78 is 22.5. The lowest BCUT2D eigenvalue weighted by molar-refractivity contribution is -0.870. The number of hydrogen-bond acceptors (Lipinski definition) is 8. The maximum atomic E-state index is 12.8. The Hall–Kier alpha value is -3.01. The Morgan fingerprint density at radius 1 is 0.408 bits per heavy atom. The standard InChI is InChI=1S/C67H121NO8/c1-6-8-10-12-14-16-18-20-22-23-24-25-26-27-28-29-30-31-32-33-34-35-36-37-38-39-40-41-42-44-45-47-49-51-53-55-57-64(69)74-61-63(62-75-67(66(71)72)73-60-59-68(3,4)5)76-65(70)58-56-54-52-50-48-46-43-21-19-17-15-13-11-9-7-2/h9,11,15,17,21,43,48,50,54,56,63,67H,6-8,10,12-14,16,18-20,22-42,44-47,49,51-53,55,57-62H2,1-5H3/b11-9-,17-15-,43-21-,50-48-,56-54-. The molecule has 0 radical (unpaired) electrons. The fourth-order valence-corrected chi connectivity index (χ4v) is 9.20. The lowest BCUT2D eigenvalue weighted by Gasteiger charge is -2.26. The summed E-state index contributed by atoms with van der Waals surface area (Å²) in [5.41, 5.74) is 0. The zero-order valence-corrected chi connectivity index (χ0v) is 50.4. The fraction of sp³-hybridized carbons (Fsp3) is 0.806. The smallest absolute Gasteiger partial charge is 0.310 e. The second kappa shape index (κ2) is 58.1. The highest BCUT2D eigenvalue weighted by Crippen LogP contribution is 2.18. The maximum absolute atomic E-state index is 12.8. The van der Waals surface area contributed by atoms with Crippen LogP contribution in [0.5, 0.6) is 0 Å². The second-order valence-corrected chi connectivity index (χ2v) is 22.7. The number of aliphatic carboxylic acids is 1. The third-order valence-corrected chi connectivity index (χ3v) is 14.1. The zero-order chi connectivity index (χ0) is 55.5. The van der Waals surface area contributed by atoms with Gasteiger partial charge in [0.15, 0.2) is 12.4 Å². The number of rotatable bonds is 59. The summed E-state index contributed by atoms with van der Waals surface area (Å²) in [6.45, 7) is 4.55. The van der Waals surface area contributed by atoms with E-state index in [-0.39, 0.29) is 38.6 Å². The number of carbonyl (C=O) groups excluding carboxylic acids is 3. The van der Waals surface area contributed by atoms with Crippen LogP contribution in [0.2, 0.25) is 0 Å². The van der Waals surface area contributed by atoms with E-state index in [2.05, 4.69) is 56.4 Å². The third-order valence-electron chi connectivity index (χ3n) is 14.1. The summed E-state index contributed by atoms with van der Waals surface area (Å²) in [5, 5.41) is 11.8. The summed E-state index contributed by atoms with van der Waals surface area (Å²) in [7, 11) is 5.89. The minimum atomic E-state index is -1.65. The van der Waals surface area contributed by atoms with Crippen LogP contribution in [-0.2, 0) is 33.3 Å². The average molecular weight is 1070 g/mol. The summed E-state index contributed by atoms with van der Waals surface area (Å²) in [4.78, 5) is 37.2. The van der Waals surface area contributed by atoms with Crippen molar-refractivity contribution in [3.05, 3.63) is 60.8 Å². The first-order valence-corrected chi connectivity index (χ1v) is 31.9. The van der Waals surface area contributed by atoms with E-state index < -0.39 is 24.3 Å². The summed E-state index contributed by atoms with van der Waals surface area (Å²) in [6, 6.07) is 0. The van der Waals surface area contributed by atoms with Crippen LogP contribution in [0.15, 0.2) is 60.8 Å². The van der Waals surface area contributed by atoms with E-state index in [1.807, 2.05) is 33.3 Å². The molecule has 0 rings (SSSR count). The number of carboxylic acid groups (broad SMARTS) is 1. The Morgan fingerprint density at radius 2 is 0.737 bits per heavy atom. The van der Waals surface area contributed by atoms with Crippen LogP contribution in [0.4, 0.5) is 0 Å². The molecule has 9 nitrogen and oxygen atoms in total.